The van der Waals surface area contributed by atoms with Gasteiger partial charge in [0.15, 0.2) is 11.8 Å². The molecular weight excluding hydrogens is 587 g/mol. The van der Waals surface area contributed by atoms with Crippen molar-refractivity contribution in [2.75, 3.05) is 50.7 Å². The SMILES string of the molecule is CCCN(C)c1ccc(COC/C=C/c2ccsc2)o1.CN(C)c1ccc(COC/C=C/c2ccsc2)o1.Cl.Cl. The Morgan fingerprint density at radius 3 is 1.65 bits per heavy atom. The Kier molecular flexibility index (Phi) is 18.2. The third kappa shape index (κ3) is 13.3. The molecule has 0 unspecified atom stereocenters. The standard InChI is InChI=1S/C16H21NO2S.C14H17NO2S.2ClH/c1-3-9-17(2)16-7-6-15(19-16)12-18-10-4-5-14-8-11-20-13-14;1-15(2)14-6-5-13(17-14)10-16-8-3-4-12-7-9-18-11-12;;/h4-8,11,13H,3,9-10,12H2,1-2H3;3-7,9,11H,8,10H2,1-2H3;2*1H/b5-4+;4-3+;;. The Morgan fingerprint density at radius 1 is 0.725 bits per heavy atom. The molecule has 0 aliphatic carbocycles. The Balaban J connectivity index is 0.000000383. The summed E-state index contributed by atoms with van der Waals surface area (Å²) in [6.45, 7) is 5.35. The van der Waals surface area contributed by atoms with Crippen molar-refractivity contribution in [3.8, 4) is 0 Å². The number of thiophene rings is 2. The summed E-state index contributed by atoms with van der Waals surface area (Å²) < 4.78 is 22.4. The molecule has 0 aliphatic rings. The van der Waals surface area contributed by atoms with Gasteiger partial charge in [-0.05, 0) is 63.3 Å². The van der Waals surface area contributed by atoms with E-state index in [0.29, 0.717) is 26.4 Å². The van der Waals surface area contributed by atoms with E-state index in [1.165, 1.54) is 11.1 Å². The molecule has 4 aromatic rings. The Hall–Kier alpha value is -2.46. The fourth-order valence-electron chi connectivity index (χ4n) is 3.34. The van der Waals surface area contributed by atoms with Gasteiger partial charge in [-0.2, -0.15) is 22.7 Å². The van der Waals surface area contributed by atoms with Crippen LogP contribution in [0.2, 0.25) is 0 Å². The topological polar surface area (TPSA) is 51.2 Å². The van der Waals surface area contributed by atoms with Gasteiger partial charge in [-0.15, -0.1) is 24.8 Å². The lowest BCUT2D eigenvalue weighted by Crippen LogP contribution is -2.16. The predicted molar refractivity (Wildman–Crippen MR) is 176 cm³/mol. The Bertz CT molecular complexity index is 1200. The molecule has 0 spiro atoms. The first kappa shape index (κ1) is 35.6. The van der Waals surface area contributed by atoms with Crippen molar-refractivity contribution in [1.29, 1.82) is 0 Å². The van der Waals surface area contributed by atoms with Crippen LogP contribution in [-0.4, -0.2) is 40.9 Å². The smallest absolute Gasteiger partial charge is 0.195 e. The maximum absolute atomic E-state index is 5.73. The highest BCUT2D eigenvalue weighted by Gasteiger charge is 2.06. The van der Waals surface area contributed by atoms with Crippen molar-refractivity contribution in [3.05, 3.63) is 92.7 Å². The van der Waals surface area contributed by atoms with Gasteiger partial charge in [-0.3, -0.25) is 0 Å². The van der Waals surface area contributed by atoms with Crippen LogP contribution in [0, 0.1) is 0 Å². The van der Waals surface area contributed by atoms with Crippen LogP contribution in [0.1, 0.15) is 36.0 Å². The summed E-state index contributed by atoms with van der Waals surface area (Å²) >= 11 is 3.39. The summed E-state index contributed by atoms with van der Waals surface area (Å²) in [4.78, 5) is 4.04. The molecule has 0 N–H and O–H groups in total. The zero-order valence-corrected chi connectivity index (χ0v) is 26.8. The normalized spacial score (nSPS) is 10.7. The van der Waals surface area contributed by atoms with Gasteiger partial charge in [0.25, 0.3) is 0 Å². The zero-order chi connectivity index (χ0) is 27.0. The molecule has 6 nitrogen and oxygen atoms in total. The van der Waals surface area contributed by atoms with Crippen molar-refractivity contribution in [2.45, 2.75) is 26.6 Å². The van der Waals surface area contributed by atoms with E-state index in [4.69, 9.17) is 18.3 Å². The number of furan rings is 2. The predicted octanol–water partition coefficient (Wildman–Crippen LogP) is 8.90. The quantitative estimate of drug-likeness (QED) is 0.130. The molecule has 4 aromatic heterocycles. The molecule has 0 saturated heterocycles. The number of ether oxygens (including phenoxy) is 2. The minimum atomic E-state index is 0. The maximum Gasteiger partial charge on any atom is 0.195 e. The van der Waals surface area contributed by atoms with E-state index in [1.807, 2.05) is 62.5 Å². The van der Waals surface area contributed by atoms with E-state index in [2.05, 4.69) is 57.6 Å². The lowest BCUT2D eigenvalue weighted by Gasteiger charge is -2.13. The van der Waals surface area contributed by atoms with Gasteiger partial charge in [0.1, 0.15) is 24.7 Å². The molecule has 0 fully saturated rings. The molecule has 0 atom stereocenters. The molecule has 10 heteroatoms. The van der Waals surface area contributed by atoms with E-state index in [9.17, 15) is 0 Å². The van der Waals surface area contributed by atoms with Crippen LogP contribution in [0.3, 0.4) is 0 Å². The fraction of sp³-hybridized carbons (Fsp3) is 0.333. The number of halogens is 2. The molecule has 0 aromatic carbocycles. The second kappa shape index (κ2) is 20.4. The van der Waals surface area contributed by atoms with Crippen LogP contribution < -0.4 is 9.80 Å². The van der Waals surface area contributed by atoms with Gasteiger partial charge < -0.3 is 28.1 Å². The first-order valence-electron chi connectivity index (χ1n) is 12.6. The average molecular weight is 628 g/mol. The van der Waals surface area contributed by atoms with E-state index < -0.39 is 0 Å². The van der Waals surface area contributed by atoms with Crippen molar-refractivity contribution >= 4 is 71.4 Å². The molecule has 0 aliphatic heterocycles. The molecule has 0 amide bonds. The number of hydrogen-bond donors (Lipinski definition) is 0. The van der Waals surface area contributed by atoms with Gasteiger partial charge in [-0.25, -0.2) is 0 Å². The highest BCUT2D eigenvalue weighted by Crippen LogP contribution is 2.18. The Labute approximate surface area is 258 Å². The molecule has 0 radical (unpaired) electrons. The van der Waals surface area contributed by atoms with E-state index in [1.54, 1.807) is 22.7 Å². The molecule has 0 bridgehead atoms. The largest absolute Gasteiger partial charge is 0.443 e. The highest BCUT2D eigenvalue weighted by molar-refractivity contribution is 7.08. The zero-order valence-electron chi connectivity index (χ0n) is 23.5. The first-order chi connectivity index (χ1) is 18.5. The van der Waals surface area contributed by atoms with Gasteiger partial charge in [0.2, 0.25) is 0 Å². The number of hydrogen-bond acceptors (Lipinski definition) is 8. The average Bonchev–Trinajstić information content (AvgIpc) is 3.73. The second-order valence-electron chi connectivity index (χ2n) is 8.74. The van der Waals surface area contributed by atoms with Crippen molar-refractivity contribution in [1.82, 2.24) is 0 Å². The summed E-state index contributed by atoms with van der Waals surface area (Å²) in [5.41, 5.74) is 2.44. The minimum Gasteiger partial charge on any atom is -0.443 e. The van der Waals surface area contributed by atoms with E-state index in [-0.39, 0.29) is 24.8 Å². The highest BCUT2D eigenvalue weighted by atomic mass is 35.5. The van der Waals surface area contributed by atoms with Crippen LogP contribution in [0.5, 0.6) is 0 Å². The number of anilines is 2. The lowest BCUT2D eigenvalue weighted by atomic mass is 10.3. The number of nitrogens with zero attached hydrogens (tertiary/aromatic N) is 2. The third-order valence-corrected chi connectivity index (χ3v) is 6.70. The van der Waals surface area contributed by atoms with E-state index in [0.717, 1.165) is 36.3 Å². The fourth-order valence-corrected chi connectivity index (χ4v) is 4.60. The lowest BCUT2D eigenvalue weighted by molar-refractivity contribution is 0.132. The van der Waals surface area contributed by atoms with Crippen LogP contribution in [-0.2, 0) is 22.7 Å². The summed E-state index contributed by atoms with van der Waals surface area (Å²) in [6.07, 6.45) is 9.27. The van der Waals surface area contributed by atoms with Gasteiger partial charge in [0.05, 0.1) is 13.2 Å². The van der Waals surface area contributed by atoms with Crippen molar-refractivity contribution in [2.24, 2.45) is 0 Å². The summed E-state index contributed by atoms with van der Waals surface area (Å²) in [7, 11) is 5.94. The molecule has 0 saturated carbocycles. The van der Waals surface area contributed by atoms with Gasteiger partial charge in [0, 0.05) is 39.8 Å². The van der Waals surface area contributed by atoms with Crippen LogP contribution in [0.25, 0.3) is 12.2 Å². The van der Waals surface area contributed by atoms with Crippen molar-refractivity contribution < 1.29 is 18.3 Å². The van der Waals surface area contributed by atoms with Crippen LogP contribution in [0.4, 0.5) is 11.8 Å². The molecule has 40 heavy (non-hydrogen) atoms. The van der Waals surface area contributed by atoms with E-state index >= 15 is 0 Å². The first-order valence-corrected chi connectivity index (χ1v) is 14.5. The Morgan fingerprint density at radius 2 is 1.23 bits per heavy atom. The van der Waals surface area contributed by atoms with Gasteiger partial charge in [-0.1, -0.05) is 31.2 Å². The number of rotatable bonds is 14. The third-order valence-electron chi connectivity index (χ3n) is 5.29. The second-order valence-corrected chi connectivity index (χ2v) is 10.3. The van der Waals surface area contributed by atoms with Crippen LogP contribution >= 0.6 is 47.5 Å². The molecule has 220 valence electrons. The van der Waals surface area contributed by atoms with Crippen LogP contribution in [0.15, 0.2) is 78.9 Å². The summed E-state index contributed by atoms with van der Waals surface area (Å²) in [6, 6.07) is 12.0. The molecule has 4 heterocycles. The molecular formula is C30H40Cl2N2O4S2. The summed E-state index contributed by atoms with van der Waals surface area (Å²) in [5.74, 6) is 3.47. The molecule has 4 rings (SSSR count). The van der Waals surface area contributed by atoms with Gasteiger partial charge >= 0.3 is 0 Å². The minimum absolute atomic E-state index is 0. The maximum atomic E-state index is 5.73. The van der Waals surface area contributed by atoms with Crippen molar-refractivity contribution in [3.63, 3.8) is 0 Å². The summed E-state index contributed by atoms with van der Waals surface area (Å²) in [5, 5.41) is 8.34. The monoisotopic (exact) mass is 626 g/mol.